The van der Waals surface area contributed by atoms with Crippen LogP contribution in [0, 0.1) is 0 Å². The van der Waals surface area contributed by atoms with Crippen LogP contribution in [-0.4, -0.2) is 28.0 Å². The van der Waals surface area contributed by atoms with Gasteiger partial charge in [-0.05, 0) is 31.8 Å². The molecule has 1 unspecified atom stereocenters. The van der Waals surface area contributed by atoms with Gasteiger partial charge in [0.2, 0.25) is 0 Å². The Kier molecular flexibility index (Phi) is 3.59. The number of aromatic nitrogens is 2. The Morgan fingerprint density at radius 1 is 1.47 bits per heavy atom. The zero-order valence-electron chi connectivity index (χ0n) is 10.5. The molecule has 0 fully saturated rings. The molecule has 1 atom stereocenters. The molecule has 0 bridgehead atoms. The summed E-state index contributed by atoms with van der Waals surface area (Å²) in [5.41, 5.74) is 5.92. The first-order valence-corrected chi connectivity index (χ1v) is 6.69. The summed E-state index contributed by atoms with van der Waals surface area (Å²) in [6.07, 6.45) is 1.12. The van der Waals surface area contributed by atoms with Gasteiger partial charge < -0.3 is 5.73 Å². The van der Waals surface area contributed by atoms with E-state index in [1.807, 2.05) is 11.4 Å². The van der Waals surface area contributed by atoms with Crippen LogP contribution in [-0.2, 0) is 6.54 Å². The van der Waals surface area contributed by atoms with E-state index >= 15 is 0 Å². The topological polar surface area (TPSA) is 55.0 Å². The van der Waals surface area contributed by atoms with E-state index in [2.05, 4.69) is 35.8 Å². The van der Waals surface area contributed by atoms with Gasteiger partial charge in [-0.25, -0.2) is 9.97 Å². The number of fused-ring (bicyclic) bond motifs is 1. The third-order valence-corrected chi connectivity index (χ3v) is 3.94. The van der Waals surface area contributed by atoms with Crippen LogP contribution < -0.4 is 5.73 Å². The molecule has 2 aromatic heterocycles. The Labute approximate surface area is 105 Å². The van der Waals surface area contributed by atoms with E-state index < -0.39 is 0 Å². The molecular weight excluding hydrogens is 232 g/mol. The van der Waals surface area contributed by atoms with E-state index in [9.17, 15) is 0 Å². The number of nitrogens with zero attached hydrogens (tertiary/aromatic N) is 3. The average Bonchev–Trinajstić information content (AvgIpc) is 2.76. The van der Waals surface area contributed by atoms with Crippen LogP contribution in [0.4, 0.5) is 5.82 Å². The Bertz CT molecular complexity index is 508. The molecule has 2 rings (SSSR count). The van der Waals surface area contributed by atoms with Gasteiger partial charge in [0, 0.05) is 6.04 Å². The van der Waals surface area contributed by atoms with Gasteiger partial charge in [0.15, 0.2) is 0 Å². The van der Waals surface area contributed by atoms with E-state index in [-0.39, 0.29) is 0 Å². The van der Waals surface area contributed by atoms with Gasteiger partial charge in [0.25, 0.3) is 0 Å². The summed E-state index contributed by atoms with van der Waals surface area (Å²) < 4.78 is 0. The molecule has 0 saturated heterocycles. The van der Waals surface area contributed by atoms with Gasteiger partial charge in [-0.3, -0.25) is 4.90 Å². The molecule has 0 aliphatic rings. The van der Waals surface area contributed by atoms with Crippen LogP contribution in [0.1, 0.15) is 26.1 Å². The summed E-state index contributed by atoms with van der Waals surface area (Å²) >= 11 is 1.61. The highest BCUT2D eigenvalue weighted by molar-refractivity contribution is 7.16. The van der Waals surface area contributed by atoms with E-state index in [1.165, 1.54) is 0 Å². The van der Waals surface area contributed by atoms with Crippen LogP contribution >= 0.6 is 11.3 Å². The number of anilines is 1. The van der Waals surface area contributed by atoms with Crippen molar-refractivity contribution in [3.05, 3.63) is 17.3 Å². The van der Waals surface area contributed by atoms with E-state index in [4.69, 9.17) is 5.73 Å². The lowest BCUT2D eigenvalue weighted by molar-refractivity contribution is 0.238. The Balaban J connectivity index is 2.24. The van der Waals surface area contributed by atoms with Gasteiger partial charge in [-0.2, -0.15) is 0 Å². The molecule has 2 heterocycles. The number of rotatable bonds is 4. The van der Waals surface area contributed by atoms with E-state index in [0.717, 1.165) is 29.0 Å². The van der Waals surface area contributed by atoms with Gasteiger partial charge in [-0.1, -0.05) is 6.92 Å². The van der Waals surface area contributed by atoms with Crippen LogP contribution in [0.5, 0.6) is 0 Å². The van der Waals surface area contributed by atoms with Crippen LogP contribution in [0.15, 0.2) is 11.4 Å². The summed E-state index contributed by atoms with van der Waals surface area (Å²) in [4.78, 5) is 12.1. The van der Waals surface area contributed by atoms with Crippen LogP contribution in [0.25, 0.3) is 10.2 Å². The molecule has 0 radical (unpaired) electrons. The third-order valence-electron chi connectivity index (χ3n) is 3.13. The standard InChI is InChI=1S/C12H18N4S/c1-4-8(2)16(3)7-10-14-11(13)9-5-6-17-12(9)15-10/h5-6,8H,4,7H2,1-3H3,(H2,13,14,15). The summed E-state index contributed by atoms with van der Waals surface area (Å²) in [5, 5.41) is 2.96. The maximum Gasteiger partial charge on any atom is 0.146 e. The lowest BCUT2D eigenvalue weighted by Crippen LogP contribution is -2.28. The molecule has 92 valence electrons. The first-order valence-electron chi connectivity index (χ1n) is 5.81. The van der Waals surface area contributed by atoms with E-state index in [0.29, 0.717) is 11.9 Å². The molecular formula is C12H18N4S. The quantitative estimate of drug-likeness (QED) is 0.906. The molecule has 0 saturated carbocycles. The Morgan fingerprint density at radius 2 is 2.24 bits per heavy atom. The van der Waals surface area contributed by atoms with Gasteiger partial charge in [0.1, 0.15) is 16.5 Å². The number of thiophene rings is 1. The zero-order valence-corrected chi connectivity index (χ0v) is 11.3. The number of hydrogen-bond acceptors (Lipinski definition) is 5. The van der Waals surface area contributed by atoms with Crippen LogP contribution in [0.3, 0.4) is 0 Å². The van der Waals surface area contributed by atoms with Crippen molar-refractivity contribution >= 4 is 27.4 Å². The number of nitrogens with two attached hydrogens (primary N) is 1. The molecule has 0 aromatic carbocycles. The molecule has 0 spiro atoms. The molecule has 2 aromatic rings. The smallest absolute Gasteiger partial charge is 0.146 e. The van der Waals surface area contributed by atoms with Crippen molar-refractivity contribution in [3.8, 4) is 0 Å². The molecule has 5 heteroatoms. The summed E-state index contributed by atoms with van der Waals surface area (Å²) in [6, 6.07) is 2.50. The number of hydrogen-bond donors (Lipinski definition) is 1. The molecule has 4 nitrogen and oxygen atoms in total. The number of nitrogen functional groups attached to an aromatic ring is 1. The molecule has 17 heavy (non-hydrogen) atoms. The highest BCUT2D eigenvalue weighted by Crippen LogP contribution is 2.23. The first-order chi connectivity index (χ1) is 8.11. The zero-order chi connectivity index (χ0) is 12.4. The fraction of sp³-hybridized carbons (Fsp3) is 0.500. The minimum absolute atomic E-state index is 0.527. The largest absolute Gasteiger partial charge is 0.383 e. The van der Waals surface area contributed by atoms with Crippen molar-refractivity contribution in [2.75, 3.05) is 12.8 Å². The summed E-state index contributed by atoms with van der Waals surface area (Å²) in [7, 11) is 2.09. The first kappa shape index (κ1) is 12.3. The summed E-state index contributed by atoms with van der Waals surface area (Å²) in [6.45, 7) is 5.12. The lowest BCUT2D eigenvalue weighted by atomic mass is 10.2. The normalized spacial score (nSPS) is 13.4. The minimum atomic E-state index is 0.527. The van der Waals surface area contributed by atoms with Gasteiger partial charge in [-0.15, -0.1) is 11.3 Å². The fourth-order valence-corrected chi connectivity index (χ4v) is 2.48. The van der Waals surface area contributed by atoms with Crippen molar-refractivity contribution in [1.82, 2.24) is 14.9 Å². The fourth-order valence-electron chi connectivity index (χ4n) is 1.69. The second-order valence-electron chi connectivity index (χ2n) is 4.34. The minimum Gasteiger partial charge on any atom is -0.383 e. The monoisotopic (exact) mass is 250 g/mol. The van der Waals surface area contributed by atoms with Gasteiger partial charge in [0.05, 0.1) is 11.9 Å². The Morgan fingerprint density at radius 3 is 2.94 bits per heavy atom. The van der Waals surface area contributed by atoms with Crippen LogP contribution in [0.2, 0.25) is 0 Å². The maximum atomic E-state index is 5.92. The van der Waals surface area contributed by atoms with Crippen molar-refractivity contribution in [2.45, 2.75) is 32.9 Å². The van der Waals surface area contributed by atoms with Crippen molar-refractivity contribution in [1.29, 1.82) is 0 Å². The molecule has 2 N–H and O–H groups in total. The SMILES string of the molecule is CCC(C)N(C)Cc1nc(N)c2ccsc2n1. The summed E-state index contributed by atoms with van der Waals surface area (Å²) in [5.74, 6) is 1.39. The highest BCUT2D eigenvalue weighted by Gasteiger charge is 2.11. The Hall–Kier alpha value is -1.20. The predicted molar refractivity (Wildman–Crippen MR) is 73.0 cm³/mol. The third kappa shape index (κ3) is 2.56. The van der Waals surface area contributed by atoms with E-state index in [1.54, 1.807) is 11.3 Å². The molecule has 0 aliphatic carbocycles. The second kappa shape index (κ2) is 4.98. The maximum absolute atomic E-state index is 5.92. The van der Waals surface area contributed by atoms with Crippen molar-refractivity contribution in [2.24, 2.45) is 0 Å². The highest BCUT2D eigenvalue weighted by atomic mass is 32.1. The van der Waals surface area contributed by atoms with Gasteiger partial charge >= 0.3 is 0 Å². The molecule has 0 amide bonds. The second-order valence-corrected chi connectivity index (χ2v) is 5.23. The average molecular weight is 250 g/mol. The van der Waals surface area contributed by atoms with Crippen molar-refractivity contribution in [3.63, 3.8) is 0 Å². The lowest BCUT2D eigenvalue weighted by Gasteiger charge is -2.22. The predicted octanol–water partition coefficient (Wildman–Crippen LogP) is 2.50. The van der Waals surface area contributed by atoms with Crippen molar-refractivity contribution < 1.29 is 0 Å². The molecule has 0 aliphatic heterocycles.